The van der Waals surface area contributed by atoms with Crippen molar-refractivity contribution < 1.29 is 22.6 Å². The summed E-state index contributed by atoms with van der Waals surface area (Å²) >= 11 is 1.35. The standard InChI is InChI=1S/C10H18N2O4S2/c1-8-2-4-11(5-3-8)18(15,16)12-7-17-6-9(12)10(13)14/h8-9H,2-7H2,1H3,(H,13,14)/t9-/m0/s1. The summed E-state index contributed by atoms with van der Waals surface area (Å²) in [5.41, 5.74) is 0. The summed E-state index contributed by atoms with van der Waals surface area (Å²) in [6.07, 6.45) is 1.69. The molecule has 2 rings (SSSR count). The summed E-state index contributed by atoms with van der Waals surface area (Å²) in [5.74, 6) is -0.144. The molecule has 1 unspecified atom stereocenters. The zero-order chi connectivity index (χ0) is 13.3. The molecule has 2 fully saturated rings. The lowest BCUT2D eigenvalue weighted by Crippen LogP contribution is -3.18. The van der Waals surface area contributed by atoms with Crippen LogP contribution < -0.4 is 9.41 Å². The molecule has 0 aromatic rings. The predicted molar refractivity (Wildman–Crippen MR) is 66.0 cm³/mol. The van der Waals surface area contributed by atoms with Gasteiger partial charge in [0, 0.05) is 13.1 Å². The van der Waals surface area contributed by atoms with Gasteiger partial charge in [-0.2, -0.15) is 17.0 Å². The third-order valence-electron chi connectivity index (χ3n) is 3.62. The van der Waals surface area contributed by atoms with Crippen LogP contribution in [0, 0.1) is 5.92 Å². The number of quaternary nitrogens is 1. The highest BCUT2D eigenvalue weighted by molar-refractivity contribution is 7.99. The number of hydrogen-bond acceptors (Lipinski definition) is 5. The van der Waals surface area contributed by atoms with Gasteiger partial charge < -0.3 is 9.90 Å². The molecule has 8 heteroatoms. The fourth-order valence-corrected chi connectivity index (χ4v) is 5.92. The monoisotopic (exact) mass is 294 g/mol. The fraction of sp³-hybridized carbons (Fsp3) is 0.900. The molecular formula is C10H18N2O4S2. The van der Waals surface area contributed by atoms with Crippen LogP contribution >= 0.6 is 11.8 Å². The van der Waals surface area contributed by atoms with E-state index in [-0.39, 0.29) is 10.2 Å². The molecule has 0 saturated carbocycles. The number of carbonyl (C=O) groups excluding carboxylic acids is 1. The minimum absolute atomic E-state index is 0.127. The molecule has 1 N–H and O–H groups in total. The fourth-order valence-electron chi connectivity index (χ4n) is 2.32. The summed E-state index contributed by atoms with van der Waals surface area (Å²) < 4.78 is 26.3. The SMILES string of the molecule is CC1CCN(S(=O)(=O)[NH+]2CSC[C@H]2C(=O)[O-])CC1. The molecule has 104 valence electrons. The van der Waals surface area contributed by atoms with Gasteiger partial charge in [-0.3, -0.25) is 0 Å². The lowest BCUT2D eigenvalue weighted by Gasteiger charge is -2.31. The third kappa shape index (κ3) is 2.66. The molecule has 0 aromatic carbocycles. The van der Waals surface area contributed by atoms with Crippen molar-refractivity contribution in [3.05, 3.63) is 0 Å². The molecule has 0 radical (unpaired) electrons. The van der Waals surface area contributed by atoms with E-state index in [9.17, 15) is 18.3 Å². The van der Waals surface area contributed by atoms with E-state index in [0.717, 1.165) is 12.8 Å². The molecule has 0 aliphatic carbocycles. The van der Waals surface area contributed by atoms with Crippen molar-refractivity contribution in [2.24, 2.45) is 5.92 Å². The van der Waals surface area contributed by atoms with Crippen LogP contribution in [0.4, 0.5) is 0 Å². The molecule has 2 aliphatic heterocycles. The van der Waals surface area contributed by atoms with Crippen LogP contribution in [0.25, 0.3) is 0 Å². The van der Waals surface area contributed by atoms with E-state index < -0.39 is 22.2 Å². The maximum absolute atomic E-state index is 12.4. The van der Waals surface area contributed by atoms with E-state index in [0.29, 0.717) is 24.8 Å². The van der Waals surface area contributed by atoms with Gasteiger partial charge in [0.05, 0.1) is 5.75 Å². The predicted octanol–water partition coefficient (Wildman–Crippen LogP) is -2.33. The Morgan fingerprint density at radius 1 is 1.39 bits per heavy atom. The first-order chi connectivity index (χ1) is 8.43. The number of carbonyl (C=O) groups is 1. The average molecular weight is 294 g/mol. The molecule has 0 bridgehead atoms. The average Bonchev–Trinajstić information content (AvgIpc) is 2.79. The van der Waals surface area contributed by atoms with Crippen molar-refractivity contribution >= 4 is 27.9 Å². The number of carboxylic acid groups (broad SMARTS) is 1. The van der Waals surface area contributed by atoms with Crippen LogP contribution in [0.5, 0.6) is 0 Å². The van der Waals surface area contributed by atoms with Crippen molar-refractivity contribution in [3.8, 4) is 0 Å². The van der Waals surface area contributed by atoms with Gasteiger partial charge in [-0.15, -0.1) is 0 Å². The second kappa shape index (κ2) is 5.36. The minimum atomic E-state index is -3.57. The second-order valence-corrected chi connectivity index (χ2v) is 7.96. The lowest BCUT2D eigenvalue weighted by molar-refractivity contribution is -0.769. The summed E-state index contributed by atoms with van der Waals surface area (Å²) in [6.45, 7) is 3.10. The van der Waals surface area contributed by atoms with E-state index in [1.165, 1.54) is 16.1 Å². The Kier molecular flexibility index (Phi) is 4.20. The molecule has 6 nitrogen and oxygen atoms in total. The van der Waals surface area contributed by atoms with Crippen LogP contribution in [-0.2, 0) is 15.0 Å². The van der Waals surface area contributed by atoms with Gasteiger partial charge >= 0.3 is 10.2 Å². The number of nitrogens with zero attached hydrogens (tertiary/aromatic N) is 1. The van der Waals surface area contributed by atoms with Gasteiger partial charge in [0.15, 0.2) is 6.04 Å². The van der Waals surface area contributed by atoms with Crippen molar-refractivity contribution in [2.45, 2.75) is 25.8 Å². The first-order valence-electron chi connectivity index (χ1n) is 6.07. The number of nitrogens with one attached hydrogen (secondary N) is 1. The van der Waals surface area contributed by atoms with Crippen LogP contribution in [-0.4, -0.2) is 49.5 Å². The van der Waals surface area contributed by atoms with Crippen LogP contribution in [0.3, 0.4) is 0 Å². The van der Waals surface area contributed by atoms with Gasteiger partial charge in [-0.25, -0.2) is 0 Å². The van der Waals surface area contributed by atoms with Crippen molar-refractivity contribution in [1.29, 1.82) is 0 Å². The van der Waals surface area contributed by atoms with Gasteiger partial charge in [-0.1, -0.05) is 18.7 Å². The molecule has 2 saturated heterocycles. The molecule has 0 spiro atoms. The maximum Gasteiger partial charge on any atom is 0.372 e. The van der Waals surface area contributed by atoms with Gasteiger partial charge in [-0.05, 0) is 18.8 Å². The molecule has 0 amide bonds. The van der Waals surface area contributed by atoms with E-state index >= 15 is 0 Å². The summed E-state index contributed by atoms with van der Waals surface area (Å²) in [4.78, 5) is 11.0. The van der Waals surface area contributed by atoms with Crippen LogP contribution in [0.15, 0.2) is 0 Å². The van der Waals surface area contributed by atoms with Crippen molar-refractivity contribution in [2.75, 3.05) is 24.7 Å². The quantitative estimate of drug-likeness (QED) is 0.631. The zero-order valence-corrected chi connectivity index (χ0v) is 11.9. The van der Waals surface area contributed by atoms with Crippen molar-refractivity contribution in [3.63, 3.8) is 0 Å². The molecule has 2 heterocycles. The van der Waals surface area contributed by atoms with Gasteiger partial charge in [0.1, 0.15) is 11.8 Å². The molecule has 2 aliphatic rings. The Hall–Kier alpha value is -0.310. The van der Waals surface area contributed by atoms with Gasteiger partial charge in [0.2, 0.25) is 0 Å². The Labute approximate surface area is 112 Å². The summed E-state index contributed by atoms with van der Waals surface area (Å²) in [7, 11) is -3.57. The van der Waals surface area contributed by atoms with E-state index in [1.807, 2.05) is 0 Å². The topological polar surface area (TPSA) is 82.0 Å². The first kappa shape index (κ1) is 14.1. The normalized spacial score (nSPS) is 31.6. The number of thioether (sulfide) groups is 1. The smallest absolute Gasteiger partial charge is 0.372 e. The number of rotatable bonds is 3. The highest BCUT2D eigenvalue weighted by Crippen LogP contribution is 2.18. The summed E-state index contributed by atoms with van der Waals surface area (Å²) in [6, 6.07) is -0.945. The minimum Gasteiger partial charge on any atom is -0.544 e. The highest BCUT2D eigenvalue weighted by atomic mass is 32.2. The third-order valence-corrected chi connectivity index (χ3v) is 7.02. The van der Waals surface area contributed by atoms with Crippen LogP contribution in [0.1, 0.15) is 19.8 Å². The Balaban J connectivity index is 2.13. The Morgan fingerprint density at radius 3 is 2.56 bits per heavy atom. The molecule has 0 aromatic heterocycles. The molecule has 2 atom stereocenters. The number of piperidine rings is 1. The lowest BCUT2D eigenvalue weighted by atomic mass is 10.0. The Bertz CT molecular complexity index is 418. The Morgan fingerprint density at radius 2 is 2.00 bits per heavy atom. The van der Waals surface area contributed by atoms with E-state index in [2.05, 4.69) is 6.92 Å². The van der Waals surface area contributed by atoms with Crippen LogP contribution in [0.2, 0.25) is 0 Å². The molecule has 18 heavy (non-hydrogen) atoms. The highest BCUT2D eigenvalue weighted by Gasteiger charge is 2.43. The van der Waals surface area contributed by atoms with Gasteiger partial charge in [0.25, 0.3) is 0 Å². The first-order valence-corrected chi connectivity index (χ1v) is 8.67. The van der Waals surface area contributed by atoms with E-state index in [4.69, 9.17) is 0 Å². The maximum atomic E-state index is 12.4. The number of carboxylic acids is 1. The summed E-state index contributed by atoms with van der Waals surface area (Å²) in [5, 5.41) is 11.0. The largest absolute Gasteiger partial charge is 0.544 e. The van der Waals surface area contributed by atoms with E-state index in [1.54, 1.807) is 0 Å². The number of aliphatic carboxylic acids is 1. The second-order valence-electron chi connectivity index (χ2n) is 4.94. The zero-order valence-electron chi connectivity index (χ0n) is 10.3. The van der Waals surface area contributed by atoms with Crippen molar-refractivity contribution in [1.82, 2.24) is 4.31 Å². The number of hydrogen-bond donors (Lipinski definition) is 1. The molecular weight excluding hydrogens is 276 g/mol.